The Morgan fingerprint density at radius 2 is 2.07 bits per heavy atom. The molecule has 15 heavy (non-hydrogen) atoms. The monoisotopic (exact) mass is 249 g/mol. The van der Waals surface area contributed by atoms with Gasteiger partial charge in [-0.25, -0.2) is 4.39 Å². The van der Waals surface area contributed by atoms with Crippen LogP contribution in [0, 0.1) is 11.7 Å². The van der Waals surface area contributed by atoms with Gasteiger partial charge in [0.05, 0.1) is 0 Å². The van der Waals surface area contributed by atoms with Crippen LogP contribution in [0.4, 0.5) is 4.39 Å². The maximum atomic E-state index is 13.0. The second kappa shape index (κ2) is 4.81. The molecule has 0 saturated carbocycles. The molecular formula is C12H13CoFN-. The summed E-state index contributed by atoms with van der Waals surface area (Å²) in [6, 6.07) is 4.84. The van der Waals surface area contributed by atoms with Gasteiger partial charge in [-0.1, -0.05) is 5.56 Å². The molecule has 2 aromatic rings. The molecule has 0 aliphatic carbocycles. The first-order valence-electron chi connectivity index (χ1n) is 4.71. The van der Waals surface area contributed by atoms with E-state index < -0.39 is 0 Å². The molecule has 83 valence electrons. The average Bonchev–Trinajstić information content (AvgIpc) is 2.47. The Balaban J connectivity index is 0.00000112. The van der Waals surface area contributed by atoms with Gasteiger partial charge in [-0.05, 0) is 18.2 Å². The van der Waals surface area contributed by atoms with Crippen LogP contribution in [0.25, 0.3) is 10.9 Å². The van der Waals surface area contributed by atoms with Crippen LogP contribution in [0.2, 0.25) is 0 Å². The van der Waals surface area contributed by atoms with Crippen molar-refractivity contribution in [1.29, 1.82) is 0 Å². The van der Waals surface area contributed by atoms with E-state index in [1.165, 1.54) is 17.5 Å². The van der Waals surface area contributed by atoms with E-state index in [2.05, 4.69) is 18.8 Å². The molecule has 0 unspecified atom stereocenters. The Morgan fingerprint density at radius 3 is 2.73 bits per heavy atom. The number of rotatable bonds is 2. The van der Waals surface area contributed by atoms with Crippen LogP contribution >= 0.6 is 0 Å². The van der Waals surface area contributed by atoms with Crippen molar-refractivity contribution in [2.24, 2.45) is 0 Å². The molecule has 1 aromatic heterocycles. The predicted molar refractivity (Wildman–Crippen MR) is 56.6 cm³/mol. The molecule has 0 saturated heterocycles. The third-order valence-electron chi connectivity index (χ3n) is 2.27. The quantitative estimate of drug-likeness (QED) is 0.784. The van der Waals surface area contributed by atoms with Crippen molar-refractivity contribution in [3.63, 3.8) is 0 Å². The van der Waals surface area contributed by atoms with Gasteiger partial charge in [0.1, 0.15) is 5.82 Å². The second-order valence-electron chi connectivity index (χ2n) is 3.89. The van der Waals surface area contributed by atoms with Crippen molar-refractivity contribution < 1.29 is 21.2 Å². The van der Waals surface area contributed by atoms with Crippen molar-refractivity contribution in [1.82, 2.24) is 4.98 Å². The molecule has 0 bridgehead atoms. The molecule has 1 aromatic carbocycles. The number of H-pyrrole nitrogens is 1. The summed E-state index contributed by atoms with van der Waals surface area (Å²) >= 11 is 0. The van der Waals surface area contributed by atoms with Crippen LogP contribution in [0.15, 0.2) is 24.4 Å². The smallest absolute Gasteiger partial charge is 0.123 e. The maximum Gasteiger partial charge on any atom is 0.123 e. The van der Waals surface area contributed by atoms with E-state index in [0.29, 0.717) is 0 Å². The van der Waals surface area contributed by atoms with Crippen molar-refractivity contribution >= 4 is 10.9 Å². The van der Waals surface area contributed by atoms with Crippen molar-refractivity contribution in [2.45, 2.75) is 20.3 Å². The number of halogens is 1. The largest absolute Gasteiger partial charge is 0.361 e. The molecule has 0 aliphatic rings. The van der Waals surface area contributed by atoms with E-state index in [0.717, 1.165) is 17.3 Å². The number of nitrogens with one attached hydrogen (secondary N) is 1. The minimum atomic E-state index is -0.174. The predicted octanol–water partition coefficient (Wildman–Crippen LogP) is 3.46. The Kier molecular flexibility index (Phi) is 3.94. The molecule has 2 rings (SSSR count). The normalized spacial score (nSPS) is 10.7. The van der Waals surface area contributed by atoms with Crippen LogP contribution in [0.1, 0.15) is 19.4 Å². The SMILES string of the molecule is C[C-](C)Cc1c[nH]c2ccc(F)cc12.[Co]. The topological polar surface area (TPSA) is 15.8 Å². The molecule has 0 aliphatic heterocycles. The van der Waals surface area contributed by atoms with Crippen molar-refractivity contribution in [3.05, 3.63) is 41.7 Å². The maximum absolute atomic E-state index is 13.0. The van der Waals surface area contributed by atoms with E-state index in [-0.39, 0.29) is 22.6 Å². The summed E-state index contributed by atoms with van der Waals surface area (Å²) in [5.41, 5.74) is 2.17. The Labute approximate surface area is 99.3 Å². The van der Waals surface area contributed by atoms with Gasteiger partial charge in [0.15, 0.2) is 0 Å². The zero-order valence-electron chi connectivity index (χ0n) is 8.73. The molecule has 3 heteroatoms. The fourth-order valence-corrected chi connectivity index (χ4v) is 1.68. The van der Waals surface area contributed by atoms with Gasteiger partial charge in [0.25, 0.3) is 0 Å². The first kappa shape index (κ1) is 12.3. The summed E-state index contributed by atoms with van der Waals surface area (Å²) < 4.78 is 13.0. The first-order chi connectivity index (χ1) is 6.66. The first-order valence-corrected chi connectivity index (χ1v) is 4.71. The number of benzene rings is 1. The number of aromatic nitrogens is 1. The third kappa shape index (κ3) is 2.61. The molecule has 1 nitrogen and oxygen atoms in total. The standard InChI is InChI=1S/C12H13FN.Co/c1-8(2)5-9-7-14-12-4-3-10(13)6-11(9)12;/h3-4,6-7,14H,5H2,1-2H3;/q-1;. The average molecular weight is 249 g/mol. The van der Waals surface area contributed by atoms with Gasteiger partial charge in [-0.3, -0.25) is 0 Å². The zero-order valence-corrected chi connectivity index (χ0v) is 9.77. The van der Waals surface area contributed by atoms with Crippen molar-refractivity contribution in [2.75, 3.05) is 0 Å². The molecule has 0 atom stereocenters. The number of hydrogen-bond donors (Lipinski definition) is 1. The molecule has 0 spiro atoms. The van der Waals surface area contributed by atoms with Crippen LogP contribution < -0.4 is 0 Å². The van der Waals surface area contributed by atoms with Crippen LogP contribution in [-0.2, 0) is 23.2 Å². The van der Waals surface area contributed by atoms with Crippen molar-refractivity contribution in [3.8, 4) is 0 Å². The zero-order chi connectivity index (χ0) is 10.1. The van der Waals surface area contributed by atoms with E-state index in [1.54, 1.807) is 12.1 Å². The summed E-state index contributed by atoms with van der Waals surface area (Å²) in [6.45, 7) is 4.16. The van der Waals surface area contributed by atoms with E-state index in [1.807, 2.05) is 6.20 Å². The van der Waals surface area contributed by atoms with Gasteiger partial charge in [0, 0.05) is 33.9 Å². The molecule has 1 N–H and O–H groups in total. The van der Waals surface area contributed by atoms with E-state index in [4.69, 9.17) is 0 Å². The van der Waals surface area contributed by atoms with Crippen LogP contribution in [-0.4, -0.2) is 4.98 Å². The Morgan fingerprint density at radius 1 is 1.33 bits per heavy atom. The molecular weight excluding hydrogens is 236 g/mol. The number of fused-ring (bicyclic) bond motifs is 1. The minimum absolute atomic E-state index is 0. The Hall–Kier alpha value is -0.804. The molecule has 0 amide bonds. The molecule has 1 radical (unpaired) electrons. The van der Waals surface area contributed by atoms with E-state index in [9.17, 15) is 4.39 Å². The minimum Gasteiger partial charge on any atom is -0.361 e. The summed E-state index contributed by atoms with van der Waals surface area (Å²) in [5.74, 6) is 1.15. The summed E-state index contributed by atoms with van der Waals surface area (Å²) in [5, 5.41) is 0.992. The van der Waals surface area contributed by atoms with Gasteiger partial charge in [0.2, 0.25) is 0 Å². The summed E-state index contributed by atoms with van der Waals surface area (Å²) in [4.78, 5) is 3.14. The summed E-state index contributed by atoms with van der Waals surface area (Å²) in [6.07, 6.45) is 2.86. The summed E-state index contributed by atoms with van der Waals surface area (Å²) in [7, 11) is 0. The van der Waals surface area contributed by atoms with Gasteiger partial charge < -0.3 is 10.9 Å². The number of aromatic amines is 1. The number of hydrogen-bond acceptors (Lipinski definition) is 0. The van der Waals surface area contributed by atoms with Crippen LogP contribution in [0.5, 0.6) is 0 Å². The second-order valence-corrected chi connectivity index (χ2v) is 3.89. The third-order valence-corrected chi connectivity index (χ3v) is 2.27. The molecule has 1 heterocycles. The molecule has 0 fully saturated rings. The van der Waals surface area contributed by atoms with Crippen LogP contribution in [0.3, 0.4) is 0 Å². The Bertz CT molecular complexity index is 448. The van der Waals surface area contributed by atoms with Gasteiger partial charge >= 0.3 is 0 Å². The van der Waals surface area contributed by atoms with Gasteiger partial charge in [-0.15, -0.1) is 6.42 Å². The van der Waals surface area contributed by atoms with Gasteiger partial charge in [-0.2, -0.15) is 13.8 Å². The van der Waals surface area contributed by atoms with E-state index >= 15 is 0 Å². The fraction of sp³-hybridized carbons (Fsp3) is 0.250. The fourth-order valence-electron chi connectivity index (χ4n) is 1.68.